The molecule has 0 unspecified atom stereocenters. The van der Waals surface area contributed by atoms with Crippen molar-refractivity contribution in [1.29, 1.82) is 0 Å². The van der Waals surface area contributed by atoms with E-state index in [1.807, 2.05) is 26.0 Å². The number of rotatable bonds is 5. The molecule has 1 aliphatic rings. The average molecular weight is 367 g/mol. The molecule has 0 bridgehead atoms. The highest BCUT2D eigenvalue weighted by Gasteiger charge is 2.27. The zero-order valence-corrected chi connectivity index (χ0v) is 14.7. The molecule has 1 saturated carbocycles. The van der Waals surface area contributed by atoms with Gasteiger partial charge in [-0.3, -0.25) is 9.59 Å². The van der Waals surface area contributed by atoms with E-state index in [2.05, 4.69) is 26.6 Å². The van der Waals surface area contributed by atoms with Crippen LogP contribution in [0.25, 0.3) is 0 Å². The molecule has 5 heteroatoms. The third kappa shape index (κ3) is 4.57. The van der Waals surface area contributed by atoms with E-state index in [1.54, 1.807) is 12.1 Å². The van der Waals surface area contributed by atoms with Crippen LogP contribution in [0.15, 0.2) is 28.7 Å². The molecule has 0 aromatic heterocycles. The number of halogens is 1. The Hall–Kier alpha value is -1.36. The van der Waals surface area contributed by atoms with Crippen LogP contribution in [0, 0.1) is 5.92 Å². The Morgan fingerprint density at radius 3 is 2.27 bits per heavy atom. The van der Waals surface area contributed by atoms with Gasteiger partial charge < -0.3 is 10.6 Å². The molecule has 1 aliphatic carbocycles. The lowest BCUT2D eigenvalue weighted by Crippen LogP contribution is -2.51. The molecule has 22 heavy (non-hydrogen) atoms. The standard InChI is InChI=1S/C17H23BrN2O2/c1-11(2)15(17(22)19-14-5-3-4-6-14)20-16(21)12-7-9-13(18)10-8-12/h7-11,14-15H,3-6H2,1-2H3,(H,19,22)(H,20,21)/t15-/m0/s1. The molecule has 2 amide bonds. The fourth-order valence-electron chi connectivity index (χ4n) is 2.72. The Morgan fingerprint density at radius 1 is 1.14 bits per heavy atom. The third-order valence-electron chi connectivity index (χ3n) is 4.04. The fraction of sp³-hybridized carbons (Fsp3) is 0.529. The Morgan fingerprint density at radius 2 is 1.73 bits per heavy atom. The van der Waals surface area contributed by atoms with Crippen LogP contribution in [0.3, 0.4) is 0 Å². The molecular formula is C17H23BrN2O2. The van der Waals surface area contributed by atoms with Gasteiger partial charge in [0.1, 0.15) is 6.04 Å². The van der Waals surface area contributed by atoms with Gasteiger partial charge >= 0.3 is 0 Å². The van der Waals surface area contributed by atoms with Gasteiger partial charge in [-0.25, -0.2) is 0 Å². The van der Waals surface area contributed by atoms with E-state index in [0.29, 0.717) is 5.56 Å². The van der Waals surface area contributed by atoms with Crippen LogP contribution in [0.5, 0.6) is 0 Å². The van der Waals surface area contributed by atoms with Crippen LogP contribution in [0.1, 0.15) is 49.9 Å². The minimum Gasteiger partial charge on any atom is -0.352 e. The van der Waals surface area contributed by atoms with Gasteiger partial charge in [0.15, 0.2) is 0 Å². The van der Waals surface area contributed by atoms with Crippen LogP contribution < -0.4 is 10.6 Å². The number of amides is 2. The fourth-order valence-corrected chi connectivity index (χ4v) is 2.99. The molecule has 1 aromatic carbocycles. The smallest absolute Gasteiger partial charge is 0.251 e. The van der Waals surface area contributed by atoms with Crippen LogP contribution in [0.2, 0.25) is 0 Å². The molecule has 4 nitrogen and oxygen atoms in total. The van der Waals surface area contributed by atoms with Crippen molar-refractivity contribution in [3.05, 3.63) is 34.3 Å². The van der Waals surface area contributed by atoms with E-state index in [1.165, 1.54) is 12.8 Å². The lowest BCUT2D eigenvalue weighted by Gasteiger charge is -2.24. The second-order valence-corrected chi connectivity index (χ2v) is 7.11. The first kappa shape index (κ1) is 17.0. The normalized spacial score (nSPS) is 16.5. The van der Waals surface area contributed by atoms with Gasteiger partial charge in [0.25, 0.3) is 5.91 Å². The topological polar surface area (TPSA) is 58.2 Å². The third-order valence-corrected chi connectivity index (χ3v) is 4.57. The molecule has 0 saturated heterocycles. The Balaban J connectivity index is 1.99. The lowest BCUT2D eigenvalue weighted by atomic mass is 10.0. The Kier molecular flexibility index (Phi) is 6.00. The van der Waals surface area contributed by atoms with Gasteiger partial charge in [-0.05, 0) is 43.0 Å². The molecule has 1 fully saturated rings. The van der Waals surface area contributed by atoms with Crippen molar-refractivity contribution < 1.29 is 9.59 Å². The van der Waals surface area contributed by atoms with Gasteiger partial charge in [0.05, 0.1) is 0 Å². The van der Waals surface area contributed by atoms with Crippen molar-refractivity contribution in [1.82, 2.24) is 10.6 Å². The average Bonchev–Trinajstić information content (AvgIpc) is 2.97. The minimum absolute atomic E-state index is 0.0424. The molecule has 0 aliphatic heterocycles. The van der Waals surface area contributed by atoms with Crippen LogP contribution in [-0.2, 0) is 4.79 Å². The van der Waals surface area contributed by atoms with Gasteiger partial charge in [-0.1, -0.05) is 42.6 Å². The summed E-state index contributed by atoms with van der Waals surface area (Å²) in [6.07, 6.45) is 4.42. The van der Waals surface area contributed by atoms with Gasteiger partial charge in [-0.15, -0.1) is 0 Å². The summed E-state index contributed by atoms with van der Waals surface area (Å²) in [4.78, 5) is 24.7. The highest BCUT2D eigenvalue weighted by Crippen LogP contribution is 2.18. The van der Waals surface area contributed by atoms with Crippen molar-refractivity contribution in [2.45, 2.75) is 51.6 Å². The Labute approximate surface area is 140 Å². The number of carbonyl (C=O) groups excluding carboxylic acids is 2. The van der Waals surface area contributed by atoms with E-state index < -0.39 is 6.04 Å². The summed E-state index contributed by atoms with van der Waals surface area (Å²) in [5.74, 6) is -0.249. The first-order valence-electron chi connectivity index (χ1n) is 7.84. The predicted octanol–water partition coefficient (Wildman–Crippen LogP) is 3.26. The minimum atomic E-state index is -0.503. The summed E-state index contributed by atoms with van der Waals surface area (Å²) in [6.45, 7) is 3.89. The Bertz CT molecular complexity index is 522. The predicted molar refractivity (Wildman–Crippen MR) is 90.6 cm³/mol. The largest absolute Gasteiger partial charge is 0.352 e. The van der Waals surface area contributed by atoms with E-state index in [-0.39, 0.29) is 23.8 Å². The summed E-state index contributed by atoms with van der Waals surface area (Å²) in [7, 11) is 0. The highest BCUT2D eigenvalue weighted by atomic mass is 79.9. The van der Waals surface area contributed by atoms with Crippen LogP contribution in [0.4, 0.5) is 0 Å². The van der Waals surface area contributed by atoms with E-state index >= 15 is 0 Å². The maximum Gasteiger partial charge on any atom is 0.251 e. The number of hydrogen-bond donors (Lipinski definition) is 2. The zero-order valence-electron chi connectivity index (χ0n) is 13.1. The first-order chi connectivity index (χ1) is 10.5. The molecular weight excluding hydrogens is 344 g/mol. The summed E-state index contributed by atoms with van der Waals surface area (Å²) >= 11 is 3.34. The monoisotopic (exact) mass is 366 g/mol. The van der Waals surface area contributed by atoms with Crippen molar-refractivity contribution in [2.24, 2.45) is 5.92 Å². The number of nitrogens with one attached hydrogen (secondary N) is 2. The molecule has 0 radical (unpaired) electrons. The van der Waals surface area contributed by atoms with Crippen LogP contribution in [-0.4, -0.2) is 23.9 Å². The van der Waals surface area contributed by atoms with E-state index in [4.69, 9.17) is 0 Å². The van der Waals surface area contributed by atoms with Crippen molar-refractivity contribution >= 4 is 27.7 Å². The van der Waals surface area contributed by atoms with E-state index in [9.17, 15) is 9.59 Å². The highest BCUT2D eigenvalue weighted by molar-refractivity contribution is 9.10. The molecule has 120 valence electrons. The summed E-state index contributed by atoms with van der Waals surface area (Å²) in [5, 5.41) is 5.92. The van der Waals surface area contributed by atoms with Gasteiger partial charge in [0, 0.05) is 16.1 Å². The summed E-state index contributed by atoms with van der Waals surface area (Å²) in [5.41, 5.74) is 0.558. The van der Waals surface area contributed by atoms with Gasteiger partial charge in [-0.2, -0.15) is 0 Å². The van der Waals surface area contributed by atoms with Crippen molar-refractivity contribution in [2.75, 3.05) is 0 Å². The SMILES string of the molecule is CC(C)[C@H](NC(=O)c1ccc(Br)cc1)C(=O)NC1CCCC1. The molecule has 1 atom stereocenters. The van der Waals surface area contributed by atoms with Crippen molar-refractivity contribution in [3.63, 3.8) is 0 Å². The molecule has 0 spiro atoms. The number of hydrogen-bond acceptors (Lipinski definition) is 2. The lowest BCUT2D eigenvalue weighted by molar-refractivity contribution is -0.124. The van der Waals surface area contributed by atoms with E-state index in [0.717, 1.165) is 17.3 Å². The maximum absolute atomic E-state index is 12.4. The molecule has 0 heterocycles. The quantitative estimate of drug-likeness (QED) is 0.839. The maximum atomic E-state index is 12.4. The second kappa shape index (κ2) is 7.77. The van der Waals surface area contributed by atoms with Crippen molar-refractivity contribution in [3.8, 4) is 0 Å². The number of benzene rings is 1. The molecule has 2 N–H and O–H groups in total. The summed E-state index contributed by atoms with van der Waals surface area (Å²) in [6, 6.07) is 6.88. The number of carbonyl (C=O) groups is 2. The first-order valence-corrected chi connectivity index (χ1v) is 8.63. The molecule has 2 rings (SSSR count). The van der Waals surface area contributed by atoms with Crippen LogP contribution >= 0.6 is 15.9 Å². The summed E-state index contributed by atoms with van der Waals surface area (Å²) < 4.78 is 0.920. The molecule has 1 aromatic rings. The van der Waals surface area contributed by atoms with Gasteiger partial charge in [0.2, 0.25) is 5.91 Å². The second-order valence-electron chi connectivity index (χ2n) is 6.19. The zero-order chi connectivity index (χ0) is 16.1.